The molecule has 1 aromatic rings. The van der Waals surface area contributed by atoms with E-state index in [-0.39, 0.29) is 18.1 Å². The molecule has 0 fully saturated rings. The molecule has 19 heavy (non-hydrogen) atoms. The normalized spacial score (nSPS) is 10.3. The van der Waals surface area contributed by atoms with Gasteiger partial charge in [-0.3, -0.25) is 15.4 Å². The van der Waals surface area contributed by atoms with Crippen molar-refractivity contribution in [2.75, 3.05) is 22.9 Å². The molecule has 0 atom stereocenters. The number of pyridine rings is 1. The van der Waals surface area contributed by atoms with Crippen LogP contribution >= 0.6 is 0 Å². The minimum atomic E-state index is -1.39. The molecule has 0 aliphatic carbocycles. The average molecular weight is 270 g/mol. The first-order chi connectivity index (χ1) is 8.95. The summed E-state index contributed by atoms with van der Waals surface area (Å²) in [7, 11) is 0. The number of oxime groups is 1. The van der Waals surface area contributed by atoms with E-state index in [1.165, 1.54) is 0 Å². The zero-order valence-corrected chi connectivity index (χ0v) is 9.40. The van der Waals surface area contributed by atoms with E-state index in [4.69, 9.17) is 16.0 Å². The van der Waals surface area contributed by atoms with Crippen molar-refractivity contribution in [3.8, 4) is 0 Å². The van der Waals surface area contributed by atoms with Crippen LogP contribution in [0.2, 0.25) is 0 Å². The van der Waals surface area contributed by atoms with Crippen molar-refractivity contribution < 1.29 is 20.0 Å². The van der Waals surface area contributed by atoms with Gasteiger partial charge in [-0.1, -0.05) is 0 Å². The van der Waals surface area contributed by atoms with Gasteiger partial charge in [0.15, 0.2) is 0 Å². The zero-order chi connectivity index (χ0) is 14.4. The maximum absolute atomic E-state index is 10.8. The molecule has 0 saturated carbocycles. The van der Waals surface area contributed by atoms with Gasteiger partial charge in [-0.15, -0.1) is 5.16 Å². The van der Waals surface area contributed by atoms with Crippen LogP contribution in [-0.2, 0) is 0 Å². The van der Waals surface area contributed by atoms with Crippen LogP contribution in [0.4, 0.5) is 27.8 Å². The van der Waals surface area contributed by atoms with Gasteiger partial charge < -0.3 is 21.4 Å². The van der Waals surface area contributed by atoms with Crippen LogP contribution in [0.25, 0.3) is 0 Å². The second kappa shape index (κ2) is 6.00. The number of nitrogen functional groups attached to an aromatic ring is 1. The third-order valence-corrected chi connectivity index (χ3v) is 1.90. The maximum Gasteiger partial charge on any atom is 0.410 e. The second-order valence-electron chi connectivity index (χ2n) is 3.16. The number of hydrogen-bond donors (Lipinski definition) is 5. The van der Waals surface area contributed by atoms with Crippen molar-refractivity contribution in [1.29, 1.82) is 0 Å². The highest BCUT2D eigenvalue weighted by Gasteiger charge is 2.21. The molecule has 0 bridgehead atoms. The van der Waals surface area contributed by atoms with E-state index in [0.717, 1.165) is 12.3 Å². The highest BCUT2D eigenvalue weighted by atomic mass is 16.6. The van der Waals surface area contributed by atoms with Gasteiger partial charge in [0.2, 0.25) is 5.82 Å². The summed E-state index contributed by atoms with van der Waals surface area (Å²) in [6.07, 6.45) is -0.339. The van der Waals surface area contributed by atoms with E-state index in [2.05, 4.69) is 15.5 Å². The Morgan fingerprint density at radius 2 is 2.37 bits per heavy atom. The van der Waals surface area contributed by atoms with Crippen molar-refractivity contribution >= 4 is 35.3 Å². The summed E-state index contributed by atoms with van der Waals surface area (Å²) in [6, 6.07) is 1.10. The summed E-state index contributed by atoms with van der Waals surface area (Å²) in [4.78, 5) is 24.1. The molecule has 0 saturated heterocycles. The number of hydrogen-bond acceptors (Lipinski definition) is 8. The van der Waals surface area contributed by atoms with Crippen molar-refractivity contribution in [2.24, 2.45) is 5.16 Å². The van der Waals surface area contributed by atoms with Crippen molar-refractivity contribution in [3.63, 3.8) is 0 Å². The summed E-state index contributed by atoms with van der Waals surface area (Å²) in [6.45, 7) is -0.0205. The number of nitro groups is 1. The standard InChI is InChI=1S/C8H10N6O5/c9-7-6(14(18)19)4(10-1-2-11-17)3-5(12-7)13-8(15)16/h2-3,17H,1H2,(H,15,16)(H4,9,10,12,13). The number of carboxylic acid groups (broad SMARTS) is 1. The van der Waals surface area contributed by atoms with Crippen LogP contribution in [0.5, 0.6) is 0 Å². The molecule has 102 valence electrons. The van der Waals surface area contributed by atoms with E-state index >= 15 is 0 Å². The summed E-state index contributed by atoms with van der Waals surface area (Å²) in [5.74, 6) is -0.612. The Morgan fingerprint density at radius 3 is 2.89 bits per heavy atom. The number of nitrogens with zero attached hydrogens (tertiary/aromatic N) is 3. The summed E-state index contributed by atoms with van der Waals surface area (Å²) >= 11 is 0. The molecule has 0 aromatic carbocycles. The Bertz CT molecular complexity index is 531. The van der Waals surface area contributed by atoms with Crippen molar-refractivity contribution in [2.45, 2.75) is 0 Å². The molecule has 1 rings (SSSR count). The van der Waals surface area contributed by atoms with Crippen molar-refractivity contribution in [3.05, 3.63) is 16.2 Å². The third-order valence-electron chi connectivity index (χ3n) is 1.90. The van der Waals surface area contributed by atoms with Gasteiger partial charge in [0, 0.05) is 6.07 Å². The molecule has 6 N–H and O–H groups in total. The van der Waals surface area contributed by atoms with Crippen LogP contribution in [0.15, 0.2) is 11.2 Å². The first-order valence-electron chi connectivity index (χ1n) is 4.80. The largest absolute Gasteiger partial charge is 0.465 e. The molecule has 0 unspecified atom stereocenters. The van der Waals surface area contributed by atoms with Gasteiger partial charge in [-0.25, -0.2) is 9.78 Å². The molecule has 1 aromatic heterocycles. The van der Waals surface area contributed by atoms with Crippen LogP contribution < -0.4 is 16.4 Å². The SMILES string of the molecule is Nc1nc(NC(=O)O)cc(NCC=NO)c1[N+](=O)[O-]. The Labute approximate surface area is 105 Å². The van der Waals surface area contributed by atoms with Gasteiger partial charge in [0.25, 0.3) is 0 Å². The molecule has 1 amide bonds. The molecule has 0 spiro atoms. The fraction of sp³-hybridized carbons (Fsp3) is 0.125. The summed E-state index contributed by atoms with van der Waals surface area (Å²) in [5.41, 5.74) is 4.84. The van der Waals surface area contributed by atoms with Gasteiger partial charge in [0.1, 0.15) is 11.5 Å². The van der Waals surface area contributed by atoms with Crippen LogP contribution in [0.3, 0.4) is 0 Å². The Balaban J connectivity index is 3.16. The van der Waals surface area contributed by atoms with E-state index in [1.807, 2.05) is 5.32 Å². The number of rotatable bonds is 5. The monoisotopic (exact) mass is 270 g/mol. The lowest BCUT2D eigenvalue weighted by atomic mass is 10.3. The lowest BCUT2D eigenvalue weighted by molar-refractivity contribution is -0.383. The van der Waals surface area contributed by atoms with Crippen LogP contribution in [0.1, 0.15) is 0 Å². The first-order valence-corrected chi connectivity index (χ1v) is 4.80. The predicted molar refractivity (Wildman–Crippen MR) is 65.7 cm³/mol. The number of aromatic nitrogens is 1. The molecule has 0 aliphatic rings. The predicted octanol–water partition coefficient (Wildman–Crippen LogP) is 0.534. The number of nitrogens with two attached hydrogens (primary N) is 1. The molecule has 0 aliphatic heterocycles. The third kappa shape index (κ3) is 3.69. The number of nitrogens with one attached hydrogen (secondary N) is 2. The lowest BCUT2D eigenvalue weighted by Crippen LogP contribution is -2.13. The molecule has 11 heteroatoms. The summed E-state index contributed by atoms with van der Waals surface area (Å²) in [5, 5.41) is 34.8. The average Bonchev–Trinajstić information content (AvgIpc) is 2.27. The Morgan fingerprint density at radius 1 is 1.68 bits per heavy atom. The Hall–Kier alpha value is -3.11. The molecule has 0 radical (unpaired) electrons. The number of amides is 1. The maximum atomic E-state index is 10.8. The highest BCUT2D eigenvalue weighted by Crippen LogP contribution is 2.31. The van der Waals surface area contributed by atoms with E-state index in [1.54, 1.807) is 0 Å². The van der Waals surface area contributed by atoms with E-state index in [9.17, 15) is 14.9 Å². The smallest absolute Gasteiger partial charge is 0.410 e. The zero-order valence-electron chi connectivity index (χ0n) is 9.40. The van der Waals surface area contributed by atoms with Gasteiger partial charge in [-0.2, -0.15) is 0 Å². The quantitative estimate of drug-likeness (QED) is 0.222. The minimum Gasteiger partial charge on any atom is -0.465 e. The fourth-order valence-electron chi connectivity index (χ4n) is 1.25. The van der Waals surface area contributed by atoms with Crippen molar-refractivity contribution in [1.82, 2.24) is 4.98 Å². The van der Waals surface area contributed by atoms with Crippen LogP contribution in [-0.4, -0.2) is 39.1 Å². The molecular weight excluding hydrogens is 260 g/mol. The molecule has 11 nitrogen and oxygen atoms in total. The summed E-state index contributed by atoms with van der Waals surface area (Å²) < 4.78 is 0. The topological polar surface area (TPSA) is 176 Å². The minimum absolute atomic E-state index is 0.0205. The van der Waals surface area contributed by atoms with Gasteiger partial charge in [-0.05, 0) is 0 Å². The fourth-order valence-corrected chi connectivity index (χ4v) is 1.25. The Kier molecular flexibility index (Phi) is 4.40. The van der Waals surface area contributed by atoms with Gasteiger partial charge in [0.05, 0.1) is 17.7 Å². The van der Waals surface area contributed by atoms with Gasteiger partial charge >= 0.3 is 11.8 Å². The lowest BCUT2D eigenvalue weighted by Gasteiger charge is -2.08. The molecular formula is C8H10N6O5. The number of anilines is 3. The molecule has 1 heterocycles. The number of carbonyl (C=O) groups is 1. The first kappa shape index (κ1) is 14.0. The second-order valence-corrected chi connectivity index (χ2v) is 3.16. The van der Waals surface area contributed by atoms with E-state index in [0.29, 0.717) is 0 Å². The highest BCUT2D eigenvalue weighted by molar-refractivity contribution is 5.85. The van der Waals surface area contributed by atoms with E-state index < -0.39 is 22.5 Å². The van der Waals surface area contributed by atoms with Crippen LogP contribution in [0, 0.1) is 10.1 Å².